The SMILES string of the molecule is Cn1c(=O)[nH]c2c(c1=O)[n+](=O)c(CNC(=O)OC(C)(C)C)nn2C. The van der Waals surface area contributed by atoms with Crippen LogP contribution >= 0.6 is 0 Å². The fraction of sp³-hybridized carbons (Fsp3) is 0.538. The Kier molecular flexibility index (Phi) is 4.28. The van der Waals surface area contributed by atoms with Crippen molar-refractivity contribution < 1.29 is 14.0 Å². The smallest absolute Gasteiger partial charge is 0.408 e. The Bertz CT molecular complexity index is 978. The lowest BCUT2D eigenvalue weighted by atomic mass is 10.2. The van der Waals surface area contributed by atoms with Crippen molar-refractivity contribution in [1.82, 2.24) is 24.6 Å². The molecule has 130 valence electrons. The van der Waals surface area contributed by atoms with Gasteiger partial charge in [0, 0.05) is 11.5 Å². The highest BCUT2D eigenvalue weighted by atomic mass is 16.6. The van der Waals surface area contributed by atoms with Gasteiger partial charge in [0.25, 0.3) is 5.52 Å². The van der Waals surface area contributed by atoms with Gasteiger partial charge in [0.15, 0.2) is 0 Å². The van der Waals surface area contributed by atoms with Crippen LogP contribution in [-0.4, -0.2) is 31.0 Å². The summed E-state index contributed by atoms with van der Waals surface area (Å²) in [7, 11) is 2.72. The molecule has 0 radical (unpaired) electrons. The molecule has 0 spiro atoms. The Morgan fingerprint density at radius 1 is 1.33 bits per heavy atom. The van der Waals surface area contributed by atoms with Crippen LogP contribution in [0.25, 0.3) is 11.2 Å². The number of nitrogens with zero attached hydrogens (tertiary/aromatic N) is 4. The van der Waals surface area contributed by atoms with Gasteiger partial charge in [-0.25, -0.2) is 9.59 Å². The third-order valence-corrected chi connectivity index (χ3v) is 3.08. The second-order valence-electron chi connectivity index (χ2n) is 6.18. The first-order valence-corrected chi connectivity index (χ1v) is 7.10. The lowest BCUT2D eigenvalue weighted by Crippen LogP contribution is -2.42. The molecule has 0 saturated heterocycles. The quantitative estimate of drug-likeness (QED) is 0.667. The van der Waals surface area contributed by atoms with Crippen molar-refractivity contribution in [3.05, 3.63) is 31.6 Å². The molecule has 24 heavy (non-hydrogen) atoms. The van der Waals surface area contributed by atoms with Crippen molar-refractivity contribution in [1.29, 1.82) is 0 Å². The first kappa shape index (κ1) is 17.4. The first-order valence-electron chi connectivity index (χ1n) is 7.10. The highest BCUT2D eigenvalue weighted by Gasteiger charge is 2.24. The molecule has 11 heteroatoms. The van der Waals surface area contributed by atoms with E-state index in [0.717, 1.165) is 4.57 Å². The van der Waals surface area contributed by atoms with Gasteiger partial charge in [0.2, 0.25) is 5.65 Å². The summed E-state index contributed by atoms with van der Waals surface area (Å²) < 4.78 is 7.32. The van der Waals surface area contributed by atoms with Crippen molar-refractivity contribution in [2.24, 2.45) is 14.1 Å². The molecule has 2 aromatic rings. The van der Waals surface area contributed by atoms with Gasteiger partial charge in [0.1, 0.15) is 12.1 Å². The minimum absolute atomic E-state index is 0.0147. The summed E-state index contributed by atoms with van der Waals surface area (Å²) in [5, 5.41) is 6.35. The predicted octanol–water partition coefficient (Wildman–Crippen LogP) is -1.10. The van der Waals surface area contributed by atoms with Crippen molar-refractivity contribution in [3.8, 4) is 0 Å². The molecule has 0 unspecified atom stereocenters. The van der Waals surface area contributed by atoms with E-state index in [2.05, 4.69) is 15.4 Å². The number of fused-ring (bicyclic) bond motifs is 1. The lowest BCUT2D eigenvalue weighted by Gasteiger charge is -2.19. The zero-order valence-electron chi connectivity index (χ0n) is 14.0. The average molecular weight is 339 g/mol. The van der Waals surface area contributed by atoms with Crippen LogP contribution in [0.3, 0.4) is 0 Å². The van der Waals surface area contributed by atoms with Crippen LogP contribution in [0.4, 0.5) is 4.79 Å². The second-order valence-corrected chi connectivity index (χ2v) is 6.18. The Morgan fingerprint density at radius 3 is 2.54 bits per heavy atom. The summed E-state index contributed by atoms with van der Waals surface area (Å²) in [6.07, 6.45) is -0.721. The molecule has 0 aromatic carbocycles. The van der Waals surface area contributed by atoms with Gasteiger partial charge in [-0.05, 0) is 20.8 Å². The molecule has 2 heterocycles. The Morgan fingerprint density at radius 2 is 1.96 bits per heavy atom. The number of rotatable bonds is 2. The van der Waals surface area contributed by atoms with E-state index in [1.807, 2.05) is 0 Å². The number of aryl methyl sites for hydroxylation is 1. The van der Waals surface area contributed by atoms with E-state index in [-0.39, 0.29) is 28.0 Å². The summed E-state index contributed by atoms with van der Waals surface area (Å²) in [4.78, 5) is 50.2. The topological polar surface area (TPSA) is 134 Å². The summed E-state index contributed by atoms with van der Waals surface area (Å²) in [5.74, 6) is -0.125. The molecule has 2 rings (SSSR count). The van der Waals surface area contributed by atoms with Gasteiger partial charge in [0.05, 0.1) is 12.1 Å². The zero-order valence-corrected chi connectivity index (χ0v) is 14.0. The van der Waals surface area contributed by atoms with E-state index in [9.17, 15) is 19.3 Å². The average Bonchev–Trinajstić information content (AvgIpc) is 2.45. The molecule has 0 atom stereocenters. The summed E-state index contributed by atoms with van der Waals surface area (Å²) >= 11 is 0. The third kappa shape index (κ3) is 3.34. The fourth-order valence-electron chi connectivity index (χ4n) is 1.98. The molecule has 0 aliphatic carbocycles. The summed E-state index contributed by atoms with van der Waals surface area (Å²) in [6, 6.07) is 0. The number of H-pyrrole nitrogens is 1. The standard InChI is InChI=1S/C13H18N6O5/c1-13(2,3)24-12(22)14-6-7-16-18(5)9-8(19(7)23)10(20)17(4)11(21)15-9/h6H2,1-5H3,(H-,14,15,20,21,22,23)/p+1. The summed E-state index contributed by atoms with van der Waals surface area (Å²) in [5.41, 5.74) is -2.41. The number of amides is 1. The minimum Gasteiger partial charge on any atom is -0.444 e. The number of hydrogen-bond donors (Lipinski definition) is 2. The van der Waals surface area contributed by atoms with Crippen LogP contribution in [0.1, 0.15) is 26.6 Å². The van der Waals surface area contributed by atoms with Crippen LogP contribution in [0, 0.1) is 4.91 Å². The Hall–Kier alpha value is -2.98. The van der Waals surface area contributed by atoms with Gasteiger partial charge >= 0.3 is 23.2 Å². The van der Waals surface area contributed by atoms with Gasteiger partial charge in [-0.15, -0.1) is 0 Å². The molecule has 2 aromatic heterocycles. The van der Waals surface area contributed by atoms with Crippen LogP contribution in [-0.2, 0) is 25.4 Å². The molecule has 0 aliphatic heterocycles. The van der Waals surface area contributed by atoms with Crippen LogP contribution in [0.5, 0.6) is 0 Å². The number of nitrogens with one attached hydrogen (secondary N) is 2. The monoisotopic (exact) mass is 339 g/mol. The minimum atomic E-state index is -0.764. The fourth-order valence-corrected chi connectivity index (χ4v) is 1.98. The number of carbonyl (C=O) groups excluding carboxylic acids is 1. The predicted molar refractivity (Wildman–Crippen MR) is 83.0 cm³/mol. The van der Waals surface area contributed by atoms with E-state index >= 15 is 0 Å². The van der Waals surface area contributed by atoms with Gasteiger partial charge in [-0.3, -0.25) is 14.3 Å². The molecule has 2 N–H and O–H groups in total. The molecular weight excluding hydrogens is 320 g/mol. The van der Waals surface area contributed by atoms with E-state index in [1.54, 1.807) is 20.8 Å². The van der Waals surface area contributed by atoms with Crippen molar-refractivity contribution in [2.75, 3.05) is 0 Å². The third-order valence-electron chi connectivity index (χ3n) is 3.08. The highest BCUT2D eigenvalue weighted by Crippen LogP contribution is 2.06. The number of hydrogen-bond acceptors (Lipinski definition) is 6. The molecule has 0 saturated carbocycles. The van der Waals surface area contributed by atoms with Crippen LogP contribution in [0.2, 0.25) is 0 Å². The maximum Gasteiger partial charge on any atom is 0.408 e. The van der Waals surface area contributed by atoms with Gasteiger partial charge in [-0.1, -0.05) is 4.91 Å². The molecule has 0 bridgehead atoms. The molecule has 0 aliphatic rings. The summed E-state index contributed by atoms with van der Waals surface area (Å²) in [6.45, 7) is 4.86. The van der Waals surface area contributed by atoms with E-state index in [0.29, 0.717) is 0 Å². The molecule has 1 amide bonds. The van der Waals surface area contributed by atoms with E-state index < -0.39 is 22.9 Å². The highest BCUT2D eigenvalue weighted by molar-refractivity contribution is 5.67. The molecule has 0 fully saturated rings. The van der Waals surface area contributed by atoms with E-state index in [4.69, 9.17) is 4.74 Å². The van der Waals surface area contributed by atoms with Gasteiger partial charge < -0.3 is 10.1 Å². The number of alkyl carbamates (subject to hydrolysis) is 1. The van der Waals surface area contributed by atoms with Crippen molar-refractivity contribution >= 4 is 17.3 Å². The zero-order chi connectivity index (χ0) is 18.2. The van der Waals surface area contributed by atoms with Crippen molar-refractivity contribution in [2.45, 2.75) is 32.9 Å². The van der Waals surface area contributed by atoms with Crippen LogP contribution < -0.4 is 21.0 Å². The largest absolute Gasteiger partial charge is 0.444 e. The van der Waals surface area contributed by atoms with Crippen molar-refractivity contribution in [3.63, 3.8) is 0 Å². The maximum absolute atomic E-state index is 12.4. The first-order chi connectivity index (χ1) is 11.0. The number of aromatic amines is 1. The number of aromatic nitrogens is 5. The lowest BCUT2D eigenvalue weighted by molar-refractivity contribution is -0.482. The van der Waals surface area contributed by atoms with E-state index in [1.165, 1.54) is 18.8 Å². The normalized spacial score (nSPS) is 11.5. The second kappa shape index (κ2) is 5.91. The molecular formula is C13H19N6O5+. The number of carbonyl (C=O) groups is 1. The Balaban J connectivity index is 2.45. The Labute approximate surface area is 135 Å². The number of ether oxygens (including phenoxy) is 1. The maximum atomic E-state index is 12.4. The molecule has 11 nitrogen and oxygen atoms in total. The van der Waals surface area contributed by atoms with Crippen LogP contribution in [0.15, 0.2) is 9.59 Å². The van der Waals surface area contributed by atoms with Gasteiger partial charge in [-0.2, -0.15) is 4.68 Å².